The lowest BCUT2D eigenvalue weighted by molar-refractivity contribution is 0.669. The molecule has 60 heavy (non-hydrogen) atoms. The van der Waals surface area contributed by atoms with E-state index in [0.29, 0.717) is 0 Å². The molecule has 282 valence electrons. The first-order valence-electron chi connectivity index (χ1n) is 20.5. The molecule has 0 saturated heterocycles. The number of rotatable bonds is 8. The first-order valence-corrected chi connectivity index (χ1v) is 20.5. The molecule has 0 radical (unpaired) electrons. The molecule has 0 N–H and O–H groups in total. The van der Waals surface area contributed by atoms with Crippen molar-refractivity contribution in [2.45, 2.75) is 0 Å². The number of furan rings is 1. The average molecular weight is 766 g/mol. The van der Waals surface area contributed by atoms with Crippen LogP contribution in [0.5, 0.6) is 0 Å². The van der Waals surface area contributed by atoms with Crippen molar-refractivity contribution in [1.82, 2.24) is 0 Å². The van der Waals surface area contributed by atoms with Crippen LogP contribution in [0.4, 0.5) is 17.1 Å². The SMILES string of the molecule is c1ccc(-c2cc(-c3ccccc3)cc(-c3ccc(N(c4cccc(-c5cccc(-c6cccc7ccccc67)c5)c4)c4ccc5c(c4)oc4ccccc45)cc3)c2)cc1. The van der Waals surface area contributed by atoms with Gasteiger partial charge in [-0.15, -0.1) is 0 Å². The first kappa shape index (κ1) is 35.2. The summed E-state index contributed by atoms with van der Waals surface area (Å²) >= 11 is 0. The van der Waals surface area contributed by atoms with Gasteiger partial charge < -0.3 is 9.32 Å². The van der Waals surface area contributed by atoms with Crippen molar-refractivity contribution in [2.75, 3.05) is 4.90 Å². The van der Waals surface area contributed by atoms with Gasteiger partial charge in [0.2, 0.25) is 0 Å². The largest absolute Gasteiger partial charge is 0.456 e. The maximum Gasteiger partial charge on any atom is 0.137 e. The van der Waals surface area contributed by atoms with Gasteiger partial charge in [0.05, 0.1) is 0 Å². The zero-order valence-corrected chi connectivity index (χ0v) is 32.9. The minimum Gasteiger partial charge on any atom is -0.456 e. The van der Waals surface area contributed by atoms with E-state index in [1.54, 1.807) is 0 Å². The fourth-order valence-electron chi connectivity index (χ4n) is 8.66. The molecule has 0 unspecified atom stereocenters. The fourth-order valence-corrected chi connectivity index (χ4v) is 8.66. The van der Waals surface area contributed by atoms with Crippen LogP contribution in [0.15, 0.2) is 241 Å². The number of para-hydroxylation sites is 1. The van der Waals surface area contributed by atoms with Gasteiger partial charge in [-0.25, -0.2) is 0 Å². The van der Waals surface area contributed by atoms with Gasteiger partial charge in [-0.2, -0.15) is 0 Å². The minimum atomic E-state index is 0.862. The van der Waals surface area contributed by atoms with E-state index >= 15 is 0 Å². The second kappa shape index (κ2) is 15.1. The standard InChI is InChI=1S/C58H39NO/c1-3-14-40(15-4-1)47-35-48(41-16-5-2-6-17-41)37-49(36-47)42-28-30-50(31-29-42)59(52-32-33-56-55-25-9-10-27-57(55)60-58(56)39-52)51-23-12-21-45(38-51)44-20-11-22-46(34-44)54-26-13-19-43-18-7-8-24-53(43)54/h1-39H. The van der Waals surface area contributed by atoms with Gasteiger partial charge in [0.1, 0.15) is 11.2 Å². The van der Waals surface area contributed by atoms with E-state index in [1.807, 2.05) is 12.1 Å². The highest BCUT2D eigenvalue weighted by molar-refractivity contribution is 6.06. The van der Waals surface area contributed by atoms with E-state index in [1.165, 1.54) is 49.7 Å². The van der Waals surface area contributed by atoms with Crippen molar-refractivity contribution in [3.8, 4) is 55.6 Å². The molecule has 0 aliphatic rings. The highest BCUT2D eigenvalue weighted by atomic mass is 16.3. The number of hydrogen-bond acceptors (Lipinski definition) is 2. The Balaban J connectivity index is 1.02. The van der Waals surface area contributed by atoms with Crippen molar-refractivity contribution in [3.63, 3.8) is 0 Å². The van der Waals surface area contributed by atoms with Crippen LogP contribution in [-0.2, 0) is 0 Å². The van der Waals surface area contributed by atoms with E-state index in [4.69, 9.17) is 4.42 Å². The second-order valence-corrected chi connectivity index (χ2v) is 15.3. The number of anilines is 3. The number of benzene rings is 10. The van der Waals surface area contributed by atoms with Crippen LogP contribution in [0.1, 0.15) is 0 Å². The highest BCUT2D eigenvalue weighted by Gasteiger charge is 2.17. The quantitative estimate of drug-likeness (QED) is 0.153. The molecule has 0 spiro atoms. The lowest BCUT2D eigenvalue weighted by atomic mass is 9.93. The molecule has 11 aromatic rings. The van der Waals surface area contributed by atoms with Crippen LogP contribution in [0.2, 0.25) is 0 Å². The van der Waals surface area contributed by atoms with Crippen molar-refractivity contribution < 1.29 is 4.42 Å². The Kier molecular flexibility index (Phi) is 8.87. The van der Waals surface area contributed by atoms with Crippen LogP contribution in [0.3, 0.4) is 0 Å². The third-order valence-corrected chi connectivity index (χ3v) is 11.6. The summed E-state index contributed by atoms with van der Waals surface area (Å²) in [5, 5.41) is 4.72. The van der Waals surface area contributed by atoms with Crippen molar-refractivity contribution in [3.05, 3.63) is 237 Å². The van der Waals surface area contributed by atoms with Gasteiger partial charge in [0, 0.05) is 33.9 Å². The third kappa shape index (κ3) is 6.61. The molecule has 1 aromatic heterocycles. The van der Waals surface area contributed by atoms with Crippen LogP contribution in [-0.4, -0.2) is 0 Å². The summed E-state index contributed by atoms with van der Waals surface area (Å²) in [6, 6.07) is 84.9. The van der Waals surface area contributed by atoms with Gasteiger partial charge in [0.25, 0.3) is 0 Å². The zero-order chi connectivity index (χ0) is 39.8. The van der Waals surface area contributed by atoms with Gasteiger partial charge in [-0.05, 0) is 133 Å². The molecule has 0 aliphatic carbocycles. The van der Waals surface area contributed by atoms with E-state index < -0.39 is 0 Å². The molecule has 0 fully saturated rings. The molecule has 0 amide bonds. The van der Waals surface area contributed by atoms with Crippen molar-refractivity contribution in [1.29, 1.82) is 0 Å². The van der Waals surface area contributed by atoms with Crippen LogP contribution in [0, 0.1) is 0 Å². The van der Waals surface area contributed by atoms with Gasteiger partial charge >= 0.3 is 0 Å². The topological polar surface area (TPSA) is 16.4 Å². The molecule has 1 heterocycles. The van der Waals surface area contributed by atoms with Crippen molar-refractivity contribution >= 4 is 49.8 Å². The highest BCUT2D eigenvalue weighted by Crippen LogP contribution is 2.42. The second-order valence-electron chi connectivity index (χ2n) is 15.3. The van der Waals surface area contributed by atoms with Crippen molar-refractivity contribution in [2.24, 2.45) is 0 Å². The Morgan fingerprint density at radius 1 is 0.250 bits per heavy atom. The molecule has 0 aliphatic heterocycles. The Morgan fingerprint density at radius 3 is 1.47 bits per heavy atom. The summed E-state index contributed by atoms with van der Waals surface area (Å²) in [6.07, 6.45) is 0. The molecule has 0 saturated carbocycles. The van der Waals surface area contributed by atoms with E-state index in [2.05, 4.69) is 229 Å². The maximum atomic E-state index is 6.44. The summed E-state index contributed by atoms with van der Waals surface area (Å²) in [7, 11) is 0. The fraction of sp³-hybridized carbons (Fsp3) is 0. The smallest absolute Gasteiger partial charge is 0.137 e. The Labute approximate surface area is 349 Å². The van der Waals surface area contributed by atoms with E-state index in [9.17, 15) is 0 Å². The summed E-state index contributed by atoms with van der Waals surface area (Å²) in [6.45, 7) is 0. The van der Waals surface area contributed by atoms with Crippen LogP contribution < -0.4 is 4.90 Å². The zero-order valence-electron chi connectivity index (χ0n) is 32.9. The normalized spacial score (nSPS) is 11.3. The lowest BCUT2D eigenvalue weighted by Gasteiger charge is -2.26. The number of fused-ring (bicyclic) bond motifs is 4. The van der Waals surface area contributed by atoms with Gasteiger partial charge in [0.15, 0.2) is 0 Å². The summed E-state index contributed by atoms with van der Waals surface area (Å²) in [4.78, 5) is 2.34. The molecule has 0 bridgehead atoms. The summed E-state index contributed by atoms with van der Waals surface area (Å²) < 4.78 is 6.44. The maximum absolute atomic E-state index is 6.44. The third-order valence-electron chi connectivity index (χ3n) is 11.6. The average Bonchev–Trinajstić information content (AvgIpc) is 3.70. The predicted octanol–water partition coefficient (Wildman–Crippen LogP) is 16.5. The van der Waals surface area contributed by atoms with Crippen LogP contribution >= 0.6 is 0 Å². The molecular formula is C58H39NO. The van der Waals surface area contributed by atoms with E-state index in [-0.39, 0.29) is 0 Å². The Bertz CT molecular complexity index is 3250. The number of nitrogens with zero attached hydrogens (tertiary/aromatic N) is 1. The van der Waals surface area contributed by atoms with Gasteiger partial charge in [-0.3, -0.25) is 0 Å². The molecular weight excluding hydrogens is 727 g/mol. The summed E-state index contributed by atoms with van der Waals surface area (Å²) in [5.41, 5.74) is 16.7. The first-order chi connectivity index (χ1) is 29.7. The lowest BCUT2D eigenvalue weighted by Crippen LogP contribution is -2.10. The number of hydrogen-bond donors (Lipinski definition) is 0. The van der Waals surface area contributed by atoms with E-state index in [0.717, 1.165) is 55.7 Å². The molecule has 2 heteroatoms. The minimum absolute atomic E-state index is 0.862. The van der Waals surface area contributed by atoms with Crippen LogP contribution in [0.25, 0.3) is 88.3 Å². The molecule has 11 rings (SSSR count). The summed E-state index contributed by atoms with van der Waals surface area (Å²) in [5.74, 6) is 0. The monoisotopic (exact) mass is 765 g/mol. The molecule has 0 atom stereocenters. The predicted molar refractivity (Wildman–Crippen MR) is 253 cm³/mol. The Hall–Kier alpha value is -7.94. The molecule has 2 nitrogen and oxygen atoms in total. The Morgan fingerprint density at radius 2 is 0.733 bits per heavy atom. The molecule has 10 aromatic carbocycles. The van der Waals surface area contributed by atoms with Gasteiger partial charge in [-0.1, -0.05) is 164 Å².